The summed E-state index contributed by atoms with van der Waals surface area (Å²) in [6, 6.07) is 0. The number of rotatable bonds is 11. The molecule has 1 atom stereocenters. The second-order valence-electron chi connectivity index (χ2n) is 12.4. The topological polar surface area (TPSA) is 219 Å². The van der Waals surface area contributed by atoms with E-state index in [9.17, 15) is 28.0 Å². The molecule has 0 aromatic carbocycles. The molecule has 278 valence electrons. The molecular formula is C30H57BrF2N4O10. The van der Waals surface area contributed by atoms with Crippen LogP contribution in [0.5, 0.6) is 0 Å². The van der Waals surface area contributed by atoms with Gasteiger partial charge in [0.25, 0.3) is 0 Å². The predicted molar refractivity (Wildman–Crippen MR) is 179 cm³/mol. The maximum absolute atomic E-state index is 12.1. The van der Waals surface area contributed by atoms with Gasteiger partial charge in [0, 0.05) is 37.0 Å². The zero-order valence-corrected chi connectivity index (χ0v) is 30.9. The first-order chi connectivity index (χ1) is 21.4. The summed E-state index contributed by atoms with van der Waals surface area (Å²) in [5.41, 5.74) is 3.80. The SMILES string of the molecule is CC(C)(C)OC(=O)NCC(=CF)CBr.CC(C)(C)OC(=O)NCC(=CF)CO.CCC(=O)CNC(=O)OC(C)(C)C.NCC(O)CO. The van der Waals surface area contributed by atoms with Crippen LogP contribution >= 0.6 is 15.9 Å². The number of ketones is 1. The van der Waals surface area contributed by atoms with Crippen LogP contribution in [0.25, 0.3) is 0 Å². The van der Waals surface area contributed by atoms with Crippen LogP contribution < -0.4 is 21.7 Å². The Morgan fingerprint density at radius 1 is 0.745 bits per heavy atom. The van der Waals surface area contributed by atoms with Crippen LogP contribution in [0, 0.1) is 0 Å². The van der Waals surface area contributed by atoms with Crippen molar-refractivity contribution in [2.45, 2.75) is 98.6 Å². The minimum atomic E-state index is -0.731. The molecule has 17 heteroatoms. The number of hydrogen-bond donors (Lipinski definition) is 7. The average Bonchev–Trinajstić information content (AvgIpc) is 2.94. The maximum atomic E-state index is 12.1. The quantitative estimate of drug-likeness (QED) is 0.119. The van der Waals surface area contributed by atoms with Gasteiger partial charge in [0.1, 0.15) is 16.8 Å². The molecule has 0 saturated carbocycles. The lowest BCUT2D eigenvalue weighted by molar-refractivity contribution is -0.118. The molecule has 0 radical (unpaired) electrons. The zero-order chi connectivity index (χ0) is 37.9. The summed E-state index contributed by atoms with van der Waals surface area (Å²) in [5.74, 6) is -0.00846. The minimum Gasteiger partial charge on any atom is -0.444 e. The van der Waals surface area contributed by atoms with Gasteiger partial charge in [0.15, 0.2) is 5.78 Å². The second-order valence-corrected chi connectivity index (χ2v) is 12.9. The van der Waals surface area contributed by atoms with Gasteiger partial charge < -0.3 is 51.2 Å². The number of alkyl carbamates (subject to hydrolysis) is 3. The Kier molecular flexibility index (Phi) is 30.6. The molecule has 0 fully saturated rings. The third-order valence-corrected chi connectivity index (χ3v) is 4.83. The number of nitrogens with two attached hydrogens (primary N) is 1. The Balaban J connectivity index is -0.000000271. The van der Waals surface area contributed by atoms with Crippen LogP contribution in [0.1, 0.15) is 75.7 Å². The van der Waals surface area contributed by atoms with E-state index in [1.807, 2.05) is 0 Å². The Labute approximate surface area is 286 Å². The lowest BCUT2D eigenvalue weighted by Crippen LogP contribution is -2.35. The van der Waals surface area contributed by atoms with E-state index >= 15 is 0 Å². The smallest absolute Gasteiger partial charge is 0.408 e. The summed E-state index contributed by atoms with van der Waals surface area (Å²) < 4.78 is 38.8. The summed E-state index contributed by atoms with van der Waals surface area (Å²) in [4.78, 5) is 43.9. The molecule has 0 bridgehead atoms. The minimum absolute atomic E-state index is 0.00846. The molecule has 0 saturated heterocycles. The second kappa shape index (κ2) is 28.2. The molecule has 0 aliphatic carbocycles. The zero-order valence-electron chi connectivity index (χ0n) is 29.3. The number of carbonyl (C=O) groups excluding carboxylic acids is 4. The van der Waals surface area contributed by atoms with E-state index in [-0.39, 0.29) is 50.5 Å². The van der Waals surface area contributed by atoms with Gasteiger partial charge in [-0.3, -0.25) is 4.79 Å². The number of hydrogen-bond acceptors (Lipinski definition) is 11. The van der Waals surface area contributed by atoms with Crippen LogP contribution in [0.2, 0.25) is 0 Å². The Morgan fingerprint density at radius 2 is 1.09 bits per heavy atom. The van der Waals surface area contributed by atoms with Crippen molar-refractivity contribution in [3.8, 4) is 0 Å². The van der Waals surface area contributed by atoms with Crippen LogP contribution in [-0.2, 0) is 19.0 Å². The number of alkyl halides is 1. The highest BCUT2D eigenvalue weighted by atomic mass is 79.9. The largest absolute Gasteiger partial charge is 0.444 e. The first-order valence-corrected chi connectivity index (χ1v) is 15.7. The van der Waals surface area contributed by atoms with Crippen molar-refractivity contribution in [2.24, 2.45) is 5.73 Å². The fraction of sp³-hybridized carbons (Fsp3) is 0.733. The lowest BCUT2D eigenvalue weighted by atomic mass is 10.2. The van der Waals surface area contributed by atoms with Crippen molar-refractivity contribution in [1.82, 2.24) is 16.0 Å². The van der Waals surface area contributed by atoms with E-state index in [0.717, 1.165) is 0 Å². The lowest BCUT2D eigenvalue weighted by Gasteiger charge is -2.19. The number of ether oxygens (including phenoxy) is 3. The molecular weight excluding hydrogens is 694 g/mol. The van der Waals surface area contributed by atoms with Gasteiger partial charge in [-0.25, -0.2) is 23.2 Å². The monoisotopic (exact) mass is 750 g/mol. The van der Waals surface area contributed by atoms with Crippen LogP contribution in [-0.4, -0.2) is 107 Å². The number of nitrogens with one attached hydrogen (secondary N) is 3. The number of carbonyl (C=O) groups is 4. The normalized spacial score (nSPS) is 12.3. The number of halogens is 3. The van der Waals surface area contributed by atoms with Gasteiger partial charge in [-0.2, -0.15) is 0 Å². The fourth-order valence-electron chi connectivity index (χ4n) is 1.93. The molecule has 0 aliphatic heterocycles. The van der Waals surface area contributed by atoms with E-state index in [2.05, 4.69) is 31.9 Å². The van der Waals surface area contributed by atoms with Gasteiger partial charge in [0.2, 0.25) is 0 Å². The predicted octanol–water partition coefficient (Wildman–Crippen LogP) is 3.90. The molecule has 0 aliphatic rings. The first-order valence-electron chi connectivity index (χ1n) is 14.6. The van der Waals surface area contributed by atoms with Crippen molar-refractivity contribution < 1.29 is 57.5 Å². The summed E-state index contributed by atoms with van der Waals surface area (Å²) in [7, 11) is 0. The number of amides is 3. The third-order valence-electron chi connectivity index (χ3n) is 4.11. The fourth-order valence-corrected chi connectivity index (χ4v) is 2.25. The average molecular weight is 752 g/mol. The Hall–Kier alpha value is -2.86. The summed E-state index contributed by atoms with van der Waals surface area (Å²) in [5, 5.41) is 32.4. The van der Waals surface area contributed by atoms with E-state index in [0.29, 0.717) is 23.7 Å². The highest BCUT2D eigenvalue weighted by molar-refractivity contribution is 9.09. The Bertz CT molecular complexity index is 896. The van der Waals surface area contributed by atoms with Gasteiger partial charge in [-0.1, -0.05) is 22.9 Å². The molecule has 0 rings (SSSR count). The van der Waals surface area contributed by atoms with E-state index < -0.39 is 47.8 Å². The van der Waals surface area contributed by atoms with E-state index in [1.54, 1.807) is 69.2 Å². The van der Waals surface area contributed by atoms with Crippen molar-refractivity contribution in [2.75, 3.05) is 44.7 Å². The number of Topliss-reactive ketones (excluding diaryl/α,β-unsaturated/α-hetero) is 1. The van der Waals surface area contributed by atoms with Gasteiger partial charge in [-0.05, 0) is 67.9 Å². The van der Waals surface area contributed by atoms with Crippen molar-refractivity contribution in [1.29, 1.82) is 0 Å². The van der Waals surface area contributed by atoms with Gasteiger partial charge >= 0.3 is 18.3 Å². The number of aliphatic hydroxyl groups excluding tert-OH is 3. The van der Waals surface area contributed by atoms with Gasteiger partial charge in [-0.15, -0.1) is 0 Å². The van der Waals surface area contributed by atoms with Crippen molar-refractivity contribution >= 4 is 40.0 Å². The maximum Gasteiger partial charge on any atom is 0.408 e. The van der Waals surface area contributed by atoms with Crippen molar-refractivity contribution in [3.05, 3.63) is 23.8 Å². The highest BCUT2D eigenvalue weighted by Gasteiger charge is 2.17. The molecule has 8 N–H and O–H groups in total. The molecule has 14 nitrogen and oxygen atoms in total. The molecule has 0 aromatic heterocycles. The van der Waals surface area contributed by atoms with Crippen LogP contribution in [0.4, 0.5) is 23.2 Å². The highest BCUT2D eigenvalue weighted by Crippen LogP contribution is 2.08. The Morgan fingerprint density at radius 3 is 1.30 bits per heavy atom. The number of aliphatic hydroxyl groups is 3. The summed E-state index contributed by atoms with van der Waals surface area (Å²) in [6.45, 7) is 17.2. The van der Waals surface area contributed by atoms with Crippen LogP contribution in [0.15, 0.2) is 23.8 Å². The van der Waals surface area contributed by atoms with Crippen LogP contribution in [0.3, 0.4) is 0 Å². The first kappa shape index (κ1) is 51.0. The summed E-state index contributed by atoms with van der Waals surface area (Å²) in [6.07, 6.45) is -1.30. The molecule has 3 amide bonds. The molecule has 0 aromatic rings. The van der Waals surface area contributed by atoms with Gasteiger partial charge in [0.05, 0.1) is 38.5 Å². The molecule has 47 heavy (non-hydrogen) atoms. The molecule has 0 heterocycles. The standard InChI is InChI=1S/C9H15BrFNO2.C9H16FNO3.C9H17NO3.C3H9NO2/c1-9(2,3)14-8(13)12-6-7(4-10)5-11;1-9(2,3)14-8(13)11-5-7(4-10)6-12;1-5-7(11)6-10-8(12)13-9(2,3)4;4-1-3(6)2-5/h5H,4,6H2,1-3H3,(H,12,13);4,12H,5-6H2,1-3H3,(H,11,13);5-6H2,1-4H3,(H,10,12);3,5-6H,1-2,4H2. The molecule has 0 spiro atoms. The van der Waals surface area contributed by atoms with E-state index in [4.69, 9.17) is 35.3 Å². The van der Waals surface area contributed by atoms with Crippen molar-refractivity contribution in [3.63, 3.8) is 0 Å². The molecule has 1 unspecified atom stereocenters. The summed E-state index contributed by atoms with van der Waals surface area (Å²) >= 11 is 3.09. The third kappa shape index (κ3) is 43.1. The van der Waals surface area contributed by atoms with E-state index in [1.165, 1.54) is 0 Å².